The van der Waals surface area contributed by atoms with Crippen molar-refractivity contribution in [1.82, 2.24) is 0 Å². The number of hydrogen-bond donors (Lipinski definition) is 1. The molecule has 0 bridgehead atoms. The van der Waals surface area contributed by atoms with Gasteiger partial charge in [0.1, 0.15) is 5.82 Å². The zero-order valence-corrected chi connectivity index (χ0v) is 10.5. The van der Waals surface area contributed by atoms with E-state index in [2.05, 4.69) is 0 Å². The van der Waals surface area contributed by atoms with Crippen LogP contribution in [0.25, 0.3) is 0 Å². The summed E-state index contributed by atoms with van der Waals surface area (Å²) in [5.41, 5.74) is -0.460. The van der Waals surface area contributed by atoms with Crippen molar-refractivity contribution in [3.05, 3.63) is 35.1 Å². The second kappa shape index (κ2) is 4.54. The van der Waals surface area contributed by atoms with Crippen LogP contribution in [0.15, 0.2) is 18.2 Å². The average molecular weight is 272 g/mol. The van der Waals surface area contributed by atoms with Gasteiger partial charge in [-0.3, -0.25) is 4.79 Å². The van der Waals surface area contributed by atoms with Crippen molar-refractivity contribution >= 4 is 5.97 Å². The average Bonchev–Trinajstić information content (AvgIpc) is 2.33. The Kier molecular flexibility index (Phi) is 3.32. The van der Waals surface area contributed by atoms with E-state index in [-0.39, 0.29) is 12.8 Å². The topological polar surface area (TPSA) is 37.3 Å². The summed E-state index contributed by atoms with van der Waals surface area (Å²) >= 11 is 0. The standard InChI is InChI=1S/C14H15F3O2/c1-9-2-3-10(15)8-11(9)13(12(18)19)4-6-14(16,17)7-5-13/h2-3,8H,4-7H2,1H3,(H,18,19). The van der Waals surface area contributed by atoms with Crippen LogP contribution in [0.4, 0.5) is 13.2 Å². The predicted molar refractivity (Wildman–Crippen MR) is 63.9 cm³/mol. The van der Waals surface area contributed by atoms with Gasteiger partial charge >= 0.3 is 5.97 Å². The lowest BCUT2D eigenvalue weighted by atomic mass is 9.67. The highest BCUT2D eigenvalue weighted by molar-refractivity contribution is 5.82. The van der Waals surface area contributed by atoms with Crippen LogP contribution in [-0.2, 0) is 10.2 Å². The van der Waals surface area contributed by atoms with Gasteiger partial charge < -0.3 is 5.11 Å². The van der Waals surface area contributed by atoms with Gasteiger partial charge in [0.15, 0.2) is 0 Å². The van der Waals surface area contributed by atoms with Crippen molar-refractivity contribution in [1.29, 1.82) is 0 Å². The van der Waals surface area contributed by atoms with Gasteiger partial charge in [0.05, 0.1) is 5.41 Å². The van der Waals surface area contributed by atoms with Crippen LogP contribution in [0.2, 0.25) is 0 Å². The summed E-state index contributed by atoms with van der Waals surface area (Å²) in [6, 6.07) is 3.89. The number of benzene rings is 1. The lowest BCUT2D eigenvalue weighted by molar-refractivity contribution is -0.149. The third kappa shape index (κ3) is 2.46. The van der Waals surface area contributed by atoms with E-state index in [0.717, 1.165) is 6.07 Å². The van der Waals surface area contributed by atoms with E-state index in [1.165, 1.54) is 12.1 Å². The molecule has 2 rings (SSSR count). The molecule has 0 saturated heterocycles. The Bertz CT molecular complexity index is 501. The summed E-state index contributed by atoms with van der Waals surface area (Å²) in [5.74, 6) is -4.52. The summed E-state index contributed by atoms with van der Waals surface area (Å²) in [6.45, 7) is 1.67. The lowest BCUT2D eigenvalue weighted by Gasteiger charge is -2.37. The Morgan fingerprint density at radius 3 is 2.32 bits per heavy atom. The second-order valence-corrected chi connectivity index (χ2v) is 5.20. The molecule has 1 saturated carbocycles. The van der Waals surface area contributed by atoms with Gasteiger partial charge in [-0.05, 0) is 43.0 Å². The van der Waals surface area contributed by atoms with Crippen molar-refractivity contribution in [3.63, 3.8) is 0 Å². The molecule has 1 aromatic rings. The minimum atomic E-state index is -2.82. The fraction of sp³-hybridized carbons (Fsp3) is 0.500. The number of hydrogen-bond acceptors (Lipinski definition) is 1. The van der Waals surface area contributed by atoms with Crippen molar-refractivity contribution in [3.8, 4) is 0 Å². The number of carboxylic acids is 1. The van der Waals surface area contributed by atoms with Gasteiger partial charge in [-0.1, -0.05) is 6.07 Å². The molecule has 0 aliphatic heterocycles. The summed E-state index contributed by atoms with van der Waals surface area (Å²) in [6.07, 6.45) is -1.29. The van der Waals surface area contributed by atoms with Crippen LogP contribution in [0, 0.1) is 12.7 Å². The molecule has 0 atom stereocenters. The number of rotatable bonds is 2. The van der Waals surface area contributed by atoms with Gasteiger partial charge in [-0.25, -0.2) is 13.2 Å². The smallest absolute Gasteiger partial charge is 0.314 e. The van der Waals surface area contributed by atoms with Crippen LogP contribution in [0.1, 0.15) is 36.8 Å². The quantitative estimate of drug-likeness (QED) is 0.892. The molecule has 104 valence electrons. The Hall–Kier alpha value is -1.52. The van der Waals surface area contributed by atoms with Crippen molar-refractivity contribution in [2.24, 2.45) is 0 Å². The van der Waals surface area contributed by atoms with E-state index in [1.807, 2.05) is 0 Å². The van der Waals surface area contributed by atoms with Gasteiger partial charge in [0.25, 0.3) is 0 Å². The molecule has 0 radical (unpaired) electrons. The fourth-order valence-electron chi connectivity index (χ4n) is 2.75. The Morgan fingerprint density at radius 1 is 1.21 bits per heavy atom. The number of alkyl halides is 2. The summed E-state index contributed by atoms with van der Waals surface area (Å²) < 4.78 is 39.8. The third-order valence-corrected chi connectivity index (χ3v) is 3.96. The molecule has 0 unspecified atom stereocenters. The fourth-order valence-corrected chi connectivity index (χ4v) is 2.75. The molecule has 5 heteroatoms. The largest absolute Gasteiger partial charge is 0.481 e. The third-order valence-electron chi connectivity index (χ3n) is 3.96. The molecule has 1 fully saturated rings. The first-order chi connectivity index (χ1) is 8.77. The molecular formula is C14H15F3O2. The van der Waals surface area contributed by atoms with Gasteiger partial charge in [0.2, 0.25) is 5.92 Å². The second-order valence-electron chi connectivity index (χ2n) is 5.20. The van der Waals surface area contributed by atoms with E-state index in [9.17, 15) is 23.1 Å². The van der Waals surface area contributed by atoms with Crippen molar-refractivity contribution in [2.45, 2.75) is 43.9 Å². The number of aliphatic carboxylic acids is 1. The lowest BCUT2D eigenvalue weighted by Crippen LogP contribution is -2.43. The molecule has 1 aromatic carbocycles. The normalized spacial score (nSPS) is 21.1. The molecular weight excluding hydrogens is 257 g/mol. The number of carbonyl (C=O) groups is 1. The van der Waals surface area contributed by atoms with E-state index in [1.54, 1.807) is 6.92 Å². The molecule has 1 aliphatic rings. The molecule has 0 spiro atoms. The van der Waals surface area contributed by atoms with Crippen LogP contribution in [0.3, 0.4) is 0 Å². The van der Waals surface area contributed by atoms with Crippen molar-refractivity contribution in [2.75, 3.05) is 0 Å². The maximum Gasteiger partial charge on any atom is 0.314 e. The van der Waals surface area contributed by atoms with Crippen LogP contribution < -0.4 is 0 Å². The van der Waals surface area contributed by atoms with Crippen LogP contribution in [-0.4, -0.2) is 17.0 Å². The monoisotopic (exact) mass is 272 g/mol. The van der Waals surface area contributed by atoms with Crippen molar-refractivity contribution < 1.29 is 23.1 Å². The van der Waals surface area contributed by atoms with Crippen LogP contribution in [0.5, 0.6) is 0 Å². The maximum atomic E-state index is 13.3. The Morgan fingerprint density at radius 2 is 1.79 bits per heavy atom. The SMILES string of the molecule is Cc1ccc(F)cc1C1(C(=O)O)CCC(F)(F)CC1. The molecule has 0 heterocycles. The van der Waals surface area contributed by atoms with Gasteiger partial charge in [-0.2, -0.15) is 0 Å². The van der Waals surface area contributed by atoms with E-state index in [0.29, 0.717) is 11.1 Å². The molecule has 1 N–H and O–H groups in total. The molecule has 19 heavy (non-hydrogen) atoms. The molecule has 0 aromatic heterocycles. The molecule has 1 aliphatic carbocycles. The zero-order chi connectivity index (χ0) is 14.3. The maximum absolute atomic E-state index is 13.3. The summed E-state index contributed by atoms with van der Waals surface area (Å²) in [5, 5.41) is 9.46. The first-order valence-electron chi connectivity index (χ1n) is 6.15. The number of carboxylic acid groups (broad SMARTS) is 1. The minimum Gasteiger partial charge on any atom is -0.481 e. The van der Waals surface area contributed by atoms with Crippen LogP contribution >= 0.6 is 0 Å². The number of aryl methyl sites for hydroxylation is 1. The van der Waals surface area contributed by atoms with E-state index in [4.69, 9.17) is 0 Å². The van der Waals surface area contributed by atoms with E-state index >= 15 is 0 Å². The summed E-state index contributed by atoms with van der Waals surface area (Å²) in [4.78, 5) is 11.6. The highest BCUT2D eigenvalue weighted by Crippen LogP contribution is 2.46. The highest BCUT2D eigenvalue weighted by Gasteiger charge is 2.49. The van der Waals surface area contributed by atoms with Gasteiger partial charge in [-0.15, -0.1) is 0 Å². The minimum absolute atomic E-state index is 0.167. The number of halogens is 3. The first kappa shape index (κ1) is 13.9. The zero-order valence-electron chi connectivity index (χ0n) is 10.5. The highest BCUT2D eigenvalue weighted by atomic mass is 19.3. The first-order valence-corrected chi connectivity index (χ1v) is 6.15. The molecule has 2 nitrogen and oxygen atoms in total. The Balaban J connectivity index is 2.47. The Labute approximate surface area is 109 Å². The van der Waals surface area contributed by atoms with E-state index < -0.39 is 36.0 Å². The predicted octanol–water partition coefficient (Wildman–Crippen LogP) is 3.67. The summed E-state index contributed by atoms with van der Waals surface area (Å²) in [7, 11) is 0. The molecule has 0 amide bonds. The van der Waals surface area contributed by atoms with Gasteiger partial charge in [0, 0.05) is 12.8 Å².